The van der Waals surface area contributed by atoms with Gasteiger partial charge in [-0.3, -0.25) is 0 Å². The van der Waals surface area contributed by atoms with E-state index in [0.717, 1.165) is 41.3 Å². The first kappa shape index (κ1) is 16.1. The first-order valence-corrected chi connectivity index (χ1v) is 9.17. The van der Waals surface area contributed by atoms with Gasteiger partial charge in [0.2, 0.25) is 0 Å². The molecule has 25 heavy (non-hydrogen) atoms. The van der Waals surface area contributed by atoms with Crippen LogP contribution < -0.4 is 5.73 Å². The summed E-state index contributed by atoms with van der Waals surface area (Å²) in [4.78, 5) is 4.86. The number of nitrogens with two attached hydrogens (primary N) is 1. The Morgan fingerprint density at radius 1 is 0.880 bits per heavy atom. The third kappa shape index (κ3) is 3.52. The van der Waals surface area contributed by atoms with Crippen LogP contribution >= 0.6 is 0 Å². The second-order valence-electron chi connectivity index (χ2n) is 6.93. The van der Waals surface area contributed by atoms with Gasteiger partial charge >= 0.3 is 0 Å². The van der Waals surface area contributed by atoms with Crippen molar-refractivity contribution in [3.63, 3.8) is 0 Å². The van der Waals surface area contributed by atoms with E-state index >= 15 is 0 Å². The van der Waals surface area contributed by atoms with Crippen LogP contribution in [-0.4, -0.2) is 11.0 Å². The van der Waals surface area contributed by atoms with Crippen molar-refractivity contribution in [2.24, 2.45) is 11.7 Å². The zero-order valence-electron chi connectivity index (χ0n) is 14.4. The zero-order chi connectivity index (χ0) is 17.1. The molecule has 1 aromatic heterocycles. The molecule has 0 radical (unpaired) electrons. The third-order valence-corrected chi connectivity index (χ3v) is 5.16. The maximum atomic E-state index is 6.32. The normalized spacial score (nSPS) is 20.5. The Morgan fingerprint density at radius 2 is 1.52 bits per heavy atom. The third-order valence-electron chi connectivity index (χ3n) is 5.16. The molecular formula is C22H24N2O. The molecule has 0 saturated heterocycles. The van der Waals surface area contributed by atoms with Gasteiger partial charge in [0.1, 0.15) is 5.69 Å². The number of hydrogen-bond acceptors (Lipinski definition) is 3. The summed E-state index contributed by atoms with van der Waals surface area (Å²) in [6.45, 7) is 0. The summed E-state index contributed by atoms with van der Waals surface area (Å²) in [5, 5.41) is 0. The van der Waals surface area contributed by atoms with Crippen LogP contribution in [0.2, 0.25) is 0 Å². The lowest BCUT2D eigenvalue weighted by molar-refractivity contribution is 0.288. The first-order valence-electron chi connectivity index (χ1n) is 9.17. The van der Waals surface area contributed by atoms with Crippen LogP contribution in [0.15, 0.2) is 65.1 Å². The Bertz CT molecular complexity index is 754. The highest BCUT2D eigenvalue weighted by molar-refractivity contribution is 5.76. The van der Waals surface area contributed by atoms with E-state index in [2.05, 4.69) is 24.3 Å². The average molecular weight is 332 g/mol. The molecule has 1 saturated carbocycles. The highest BCUT2D eigenvalue weighted by Gasteiger charge is 2.25. The Balaban J connectivity index is 1.71. The minimum atomic E-state index is 0.265. The zero-order valence-corrected chi connectivity index (χ0v) is 14.4. The fraction of sp³-hybridized carbons (Fsp3) is 0.318. The van der Waals surface area contributed by atoms with Crippen LogP contribution in [0.3, 0.4) is 0 Å². The maximum Gasteiger partial charge on any atom is 0.195 e. The number of nitrogens with zero attached hydrogens (tertiary/aromatic N) is 1. The molecule has 1 aliphatic rings. The van der Waals surface area contributed by atoms with Gasteiger partial charge in [0.05, 0.1) is 0 Å². The monoisotopic (exact) mass is 332 g/mol. The Kier molecular flexibility index (Phi) is 4.66. The summed E-state index contributed by atoms with van der Waals surface area (Å²) >= 11 is 0. The predicted molar refractivity (Wildman–Crippen MR) is 101 cm³/mol. The summed E-state index contributed by atoms with van der Waals surface area (Å²) in [7, 11) is 0. The molecule has 0 spiro atoms. The maximum absolute atomic E-state index is 6.32. The van der Waals surface area contributed by atoms with Crippen molar-refractivity contribution in [2.45, 2.75) is 38.1 Å². The van der Waals surface area contributed by atoms with Crippen molar-refractivity contribution in [2.75, 3.05) is 0 Å². The van der Waals surface area contributed by atoms with E-state index in [1.807, 2.05) is 36.4 Å². The molecule has 0 aliphatic heterocycles. The van der Waals surface area contributed by atoms with Gasteiger partial charge in [-0.2, -0.15) is 0 Å². The van der Waals surface area contributed by atoms with Crippen LogP contribution in [0.5, 0.6) is 0 Å². The lowest BCUT2D eigenvalue weighted by Crippen LogP contribution is -2.34. The molecule has 1 heterocycles. The van der Waals surface area contributed by atoms with Crippen LogP contribution in [0, 0.1) is 5.92 Å². The molecule has 1 aliphatic carbocycles. The Morgan fingerprint density at radius 3 is 2.20 bits per heavy atom. The van der Waals surface area contributed by atoms with Gasteiger partial charge in [-0.05, 0) is 18.8 Å². The van der Waals surface area contributed by atoms with Crippen molar-refractivity contribution in [1.29, 1.82) is 0 Å². The highest BCUT2D eigenvalue weighted by Crippen LogP contribution is 2.34. The lowest BCUT2D eigenvalue weighted by Gasteiger charge is -2.27. The van der Waals surface area contributed by atoms with Crippen molar-refractivity contribution < 1.29 is 4.42 Å². The molecule has 0 bridgehead atoms. The number of hydrogen-bond donors (Lipinski definition) is 1. The van der Waals surface area contributed by atoms with E-state index in [1.165, 1.54) is 19.3 Å². The fourth-order valence-corrected chi connectivity index (χ4v) is 3.74. The van der Waals surface area contributed by atoms with Gasteiger partial charge in [-0.1, -0.05) is 73.5 Å². The largest absolute Gasteiger partial charge is 0.440 e. The predicted octanol–water partition coefficient (Wildman–Crippen LogP) is 5.07. The smallest absolute Gasteiger partial charge is 0.195 e. The summed E-state index contributed by atoms with van der Waals surface area (Å²) in [5.74, 6) is 2.13. The molecule has 1 fully saturated rings. The standard InChI is InChI=1S/C22H24N2O/c23-19-14-8-7-13-18(19)15-20-24-21(16-9-3-1-4-10-16)22(25-20)17-11-5-2-6-12-17/h1-6,9-12,18-19H,7-8,13-15,23H2. The number of aromatic nitrogens is 1. The van der Waals surface area contributed by atoms with Crippen molar-refractivity contribution in [3.05, 3.63) is 66.6 Å². The van der Waals surface area contributed by atoms with E-state index in [-0.39, 0.29) is 6.04 Å². The van der Waals surface area contributed by atoms with Gasteiger partial charge in [-0.15, -0.1) is 0 Å². The summed E-state index contributed by atoms with van der Waals surface area (Å²) in [6, 6.07) is 20.8. The van der Waals surface area contributed by atoms with E-state index in [9.17, 15) is 0 Å². The second-order valence-corrected chi connectivity index (χ2v) is 6.93. The van der Waals surface area contributed by atoms with Gasteiger partial charge in [-0.25, -0.2) is 4.98 Å². The van der Waals surface area contributed by atoms with Crippen molar-refractivity contribution in [1.82, 2.24) is 4.98 Å². The molecule has 3 heteroatoms. The molecule has 3 nitrogen and oxygen atoms in total. The molecule has 0 amide bonds. The highest BCUT2D eigenvalue weighted by atomic mass is 16.4. The Hall–Kier alpha value is -2.39. The first-order chi connectivity index (χ1) is 12.3. The van der Waals surface area contributed by atoms with Gasteiger partial charge in [0, 0.05) is 23.6 Å². The average Bonchev–Trinajstić information content (AvgIpc) is 3.09. The van der Waals surface area contributed by atoms with Crippen molar-refractivity contribution >= 4 is 0 Å². The van der Waals surface area contributed by atoms with Crippen LogP contribution in [0.25, 0.3) is 22.6 Å². The van der Waals surface area contributed by atoms with E-state index in [4.69, 9.17) is 15.1 Å². The van der Waals surface area contributed by atoms with Crippen LogP contribution in [-0.2, 0) is 6.42 Å². The van der Waals surface area contributed by atoms with Gasteiger partial charge in [0.25, 0.3) is 0 Å². The lowest BCUT2D eigenvalue weighted by atomic mass is 9.83. The quantitative estimate of drug-likeness (QED) is 0.726. The van der Waals surface area contributed by atoms with Gasteiger partial charge in [0.15, 0.2) is 11.7 Å². The number of oxazole rings is 1. The molecule has 4 rings (SSSR count). The number of rotatable bonds is 4. The van der Waals surface area contributed by atoms with E-state index < -0.39 is 0 Å². The SMILES string of the molecule is NC1CCCCC1Cc1nc(-c2ccccc2)c(-c2ccccc2)o1. The minimum Gasteiger partial charge on any atom is -0.440 e. The van der Waals surface area contributed by atoms with Gasteiger partial charge < -0.3 is 10.2 Å². The molecule has 2 unspecified atom stereocenters. The Labute approximate surface area is 148 Å². The topological polar surface area (TPSA) is 52.0 Å². The summed E-state index contributed by atoms with van der Waals surface area (Å²) < 4.78 is 6.24. The number of benzene rings is 2. The molecule has 3 aromatic rings. The van der Waals surface area contributed by atoms with Crippen LogP contribution in [0.1, 0.15) is 31.6 Å². The molecule has 2 atom stereocenters. The summed E-state index contributed by atoms with van der Waals surface area (Å²) in [6.07, 6.45) is 5.62. The van der Waals surface area contributed by atoms with Crippen molar-refractivity contribution in [3.8, 4) is 22.6 Å². The fourth-order valence-electron chi connectivity index (χ4n) is 3.74. The molecular weight excluding hydrogens is 308 g/mol. The molecule has 2 aromatic carbocycles. The second kappa shape index (κ2) is 7.24. The molecule has 2 N–H and O–H groups in total. The van der Waals surface area contributed by atoms with Crippen LogP contribution in [0.4, 0.5) is 0 Å². The summed E-state index contributed by atoms with van der Waals surface area (Å²) in [5.41, 5.74) is 9.40. The molecule has 128 valence electrons. The van der Waals surface area contributed by atoms with E-state index in [0.29, 0.717) is 5.92 Å². The van der Waals surface area contributed by atoms with E-state index in [1.54, 1.807) is 0 Å². The minimum absolute atomic E-state index is 0.265.